The predicted molar refractivity (Wildman–Crippen MR) is 96.8 cm³/mol. The second kappa shape index (κ2) is 8.31. The highest BCUT2D eigenvalue weighted by atomic mass is 16.5. The van der Waals surface area contributed by atoms with E-state index in [1.807, 2.05) is 30.1 Å². The number of aromatic nitrogens is 2. The summed E-state index contributed by atoms with van der Waals surface area (Å²) in [6.07, 6.45) is 4.71. The molecule has 1 aromatic heterocycles. The van der Waals surface area contributed by atoms with Crippen LogP contribution in [0.4, 0.5) is 5.69 Å². The van der Waals surface area contributed by atoms with Crippen LogP contribution in [0, 0.1) is 0 Å². The molecule has 4 heteroatoms. The van der Waals surface area contributed by atoms with Crippen molar-refractivity contribution in [1.29, 1.82) is 0 Å². The molecule has 4 nitrogen and oxygen atoms in total. The lowest BCUT2D eigenvalue weighted by molar-refractivity contribution is 0.124. The third-order valence-electron chi connectivity index (χ3n) is 3.95. The van der Waals surface area contributed by atoms with Crippen LogP contribution in [0.5, 0.6) is 0 Å². The molecule has 0 aliphatic rings. The Morgan fingerprint density at radius 3 is 2.67 bits per heavy atom. The van der Waals surface area contributed by atoms with Gasteiger partial charge >= 0.3 is 0 Å². The lowest BCUT2D eigenvalue weighted by Gasteiger charge is -2.09. The molecule has 0 bridgehead atoms. The summed E-state index contributed by atoms with van der Waals surface area (Å²) in [6.45, 7) is 2.07. The molecule has 0 amide bonds. The van der Waals surface area contributed by atoms with E-state index in [0.717, 1.165) is 24.5 Å². The Morgan fingerprint density at radius 1 is 1.04 bits per heavy atom. The maximum Gasteiger partial charge on any atom is 0.127 e. The zero-order valence-corrected chi connectivity index (χ0v) is 14.0. The van der Waals surface area contributed by atoms with Crippen molar-refractivity contribution < 1.29 is 4.74 Å². The van der Waals surface area contributed by atoms with E-state index in [4.69, 9.17) is 4.74 Å². The molecule has 1 heterocycles. The highest BCUT2D eigenvalue weighted by Crippen LogP contribution is 2.13. The third-order valence-corrected chi connectivity index (χ3v) is 3.95. The maximum atomic E-state index is 5.80. The fraction of sp³-hybridized carbons (Fsp3) is 0.250. The van der Waals surface area contributed by atoms with Crippen molar-refractivity contribution in [3.8, 4) is 0 Å². The monoisotopic (exact) mass is 321 g/mol. The third kappa shape index (κ3) is 4.70. The molecular weight excluding hydrogens is 298 g/mol. The number of nitrogens with zero attached hydrogens (tertiary/aromatic N) is 2. The first-order valence-electron chi connectivity index (χ1n) is 8.22. The number of aryl methyl sites for hydroxylation is 1. The van der Waals surface area contributed by atoms with Gasteiger partial charge in [-0.2, -0.15) is 0 Å². The number of imidazole rings is 1. The normalized spacial score (nSPS) is 10.7. The van der Waals surface area contributed by atoms with E-state index in [-0.39, 0.29) is 0 Å². The topological polar surface area (TPSA) is 39.1 Å². The van der Waals surface area contributed by atoms with E-state index in [1.54, 1.807) is 0 Å². The van der Waals surface area contributed by atoms with Gasteiger partial charge in [0.15, 0.2) is 0 Å². The van der Waals surface area contributed by atoms with Crippen molar-refractivity contribution in [3.05, 3.63) is 83.9 Å². The maximum absolute atomic E-state index is 5.80. The summed E-state index contributed by atoms with van der Waals surface area (Å²) in [5, 5.41) is 3.41. The van der Waals surface area contributed by atoms with Crippen molar-refractivity contribution >= 4 is 5.69 Å². The molecule has 2 aromatic carbocycles. The van der Waals surface area contributed by atoms with Crippen LogP contribution in [0.25, 0.3) is 0 Å². The number of hydrogen-bond acceptors (Lipinski definition) is 3. The zero-order valence-electron chi connectivity index (χ0n) is 14.0. The Balaban J connectivity index is 1.45. The summed E-state index contributed by atoms with van der Waals surface area (Å²) in [5.41, 5.74) is 3.57. The van der Waals surface area contributed by atoms with E-state index in [1.165, 1.54) is 11.1 Å². The lowest BCUT2D eigenvalue weighted by atomic mass is 10.2. The first-order valence-corrected chi connectivity index (χ1v) is 8.22. The number of hydrogen-bond donors (Lipinski definition) is 1. The van der Waals surface area contributed by atoms with Gasteiger partial charge in [-0.15, -0.1) is 0 Å². The molecule has 0 unspecified atom stereocenters. The van der Waals surface area contributed by atoms with Gasteiger partial charge < -0.3 is 14.6 Å². The Hall–Kier alpha value is -2.59. The number of ether oxygens (including phenoxy) is 1. The first-order chi connectivity index (χ1) is 11.8. The lowest BCUT2D eigenvalue weighted by Crippen LogP contribution is -2.06. The molecule has 1 N–H and O–H groups in total. The molecule has 3 rings (SSSR count). The fourth-order valence-corrected chi connectivity index (χ4v) is 2.54. The van der Waals surface area contributed by atoms with E-state index < -0.39 is 0 Å². The van der Waals surface area contributed by atoms with Crippen LogP contribution in [0.1, 0.15) is 17.0 Å². The molecule has 0 aliphatic carbocycles. The Kier molecular flexibility index (Phi) is 5.64. The van der Waals surface area contributed by atoms with Crippen LogP contribution in [0.3, 0.4) is 0 Å². The summed E-state index contributed by atoms with van der Waals surface area (Å²) in [5.74, 6) is 1.01. The minimum atomic E-state index is 0.630. The van der Waals surface area contributed by atoms with E-state index in [0.29, 0.717) is 13.2 Å². The number of anilines is 1. The van der Waals surface area contributed by atoms with Gasteiger partial charge in [0.2, 0.25) is 0 Å². The Morgan fingerprint density at radius 2 is 1.88 bits per heavy atom. The van der Waals surface area contributed by atoms with Gasteiger partial charge in [-0.05, 0) is 29.7 Å². The molecule has 0 saturated carbocycles. The largest absolute Gasteiger partial charge is 0.378 e. The van der Waals surface area contributed by atoms with Gasteiger partial charge in [0, 0.05) is 25.1 Å². The van der Waals surface area contributed by atoms with Crippen LogP contribution < -0.4 is 5.32 Å². The van der Waals surface area contributed by atoms with Crippen molar-refractivity contribution in [2.45, 2.75) is 19.6 Å². The van der Waals surface area contributed by atoms with Crippen molar-refractivity contribution in [1.82, 2.24) is 9.55 Å². The summed E-state index contributed by atoms with van der Waals surface area (Å²) in [4.78, 5) is 4.32. The number of rotatable bonds is 8. The highest BCUT2D eigenvalue weighted by Gasteiger charge is 2.01. The van der Waals surface area contributed by atoms with Crippen LogP contribution >= 0.6 is 0 Å². The molecular formula is C20H23N3O. The van der Waals surface area contributed by atoms with Crippen LogP contribution in [0.2, 0.25) is 0 Å². The first kappa shape index (κ1) is 16.3. The van der Waals surface area contributed by atoms with E-state index >= 15 is 0 Å². The van der Waals surface area contributed by atoms with E-state index in [9.17, 15) is 0 Å². The molecule has 0 spiro atoms. The van der Waals surface area contributed by atoms with Gasteiger partial charge in [0.25, 0.3) is 0 Å². The Bertz CT molecular complexity index is 752. The van der Waals surface area contributed by atoms with Crippen molar-refractivity contribution in [3.63, 3.8) is 0 Å². The van der Waals surface area contributed by atoms with Crippen molar-refractivity contribution in [2.75, 3.05) is 11.9 Å². The highest BCUT2D eigenvalue weighted by molar-refractivity contribution is 5.45. The van der Waals surface area contributed by atoms with Gasteiger partial charge in [0.1, 0.15) is 5.82 Å². The summed E-state index contributed by atoms with van der Waals surface area (Å²) in [6, 6.07) is 18.8. The molecule has 0 saturated heterocycles. The van der Waals surface area contributed by atoms with Crippen LogP contribution in [0.15, 0.2) is 67.0 Å². The molecule has 124 valence electrons. The van der Waals surface area contributed by atoms with Gasteiger partial charge in [0.05, 0.1) is 19.8 Å². The molecule has 0 fully saturated rings. The second-order valence-corrected chi connectivity index (χ2v) is 5.80. The summed E-state index contributed by atoms with van der Waals surface area (Å²) >= 11 is 0. The average Bonchev–Trinajstić information content (AvgIpc) is 3.03. The van der Waals surface area contributed by atoms with Gasteiger partial charge in [-0.1, -0.05) is 42.5 Å². The minimum Gasteiger partial charge on any atom is -0.378 e. The van der Waals surface area contributed by atoms with Gasteiger partial charge in [-0.3, -0.25) is 0 Å². The quantitative estimate of drug-likeness (QED) is 0.642. The van der Waals surface area contributed by atoms with E-state index in [2.05, 4.69) is 58.8 Å². The van der Waals surface area contributed by atoms with Crippen LogP contribution in [-0.4, -0.2) is 16.2 Å². The SMILES string of the molecule is Cn1ccnc1CNc1cccc(COCCc2ccccc2)c1. The zero-order chi connectivity index (χ0) is 16.6. The average molecular weight is 321 g/mol. The van der Waals surface area contributed by atoms with Crippen molar-refractivity contribution in [2.24, 2.45) is 7.05 Å². The molecule has 0 aliphatic heterocycles. The number of benzene rings is 2. The standard InChI is InChI=1S/C20H23N3O/c1-23-12-11-21-20(23)15-22-19-9-5-8-18(14-19)16-24-13-10-17-6-3-2-4-7-17/h2-9,11-12,14,22H,10,13,15-16H2,1H3. The Labute approximate surface area is 143 Å². The molecule has 24 heavy (non-hydrogen) atoms. The molecule has 3 aromatic rings. The molecule has 0 radical (unpaired) electrons. The smallest absolute Gasteiger partial charge is 0.127 e. The molecule has 0 atom stereocenters. The van der Waals surface area contributed by atoms with Crippen LogP contribution in [-0.2, 0) is 31.4 Å². The summed E-state index contributed by atoms with van der Waals surface area (Å²) in [7, 11) is 2.00. The predicted octanol–water partition coefficient (Wildman–Crippen LogP) is 3.79. The number of nitrogens with one attached hydrogen (secondary N) is 1. The van der Waals surface area contributed by atoms with Gasteiger partial charge in [-0.25, -0.2) is 4.98 Å². The second-order valence-electron chi connectivity index (χ2n) is 5.80. The fourth-order valence-electron chi connectivity index (χ4n) is 2.54. The minimum absolute atomic E-state index is 0.630. The summed E-state index contributed by atoms with van der Waals surface area (Å²) < 4.78 is 7.82.